The van der Waals surface area contributed by atoms with Crippen LogP contribution < -0.4 is 0 Å². The van der Waals surface area contributed by atoms with Gasteiger partial charge in [-0.3, -0.25) is 0 Å². The Labute approximate surface area is 81.0 Å². The van der Waals surface area contributed by atoms with E-state index in [2.05, 4.69) is 0 Å². The molecule has 0 rings (SSSR count). The van der Waals surface area contributed by atoms with Crippen molar-refractivity contribution in [1.29, 1.82) is 0 Å². The van der Waals surface area contributed by atoms with Crippen molar-refractivity contribution in [2.24, 2.45) is 0 Å². The van der Waals surface area contributed by atoms with E-state index in [9.17, 15) is 0 Å². The van der Waals surface area contributed by atoms with Crippen LogP contribution in [0.4, 0.5) is 0 Å². The Balaban J connectivity index is -0.00000000500. The zero-order valence-corrected chi connectivity index (χ0v) is 7.86. The van der Waals surface area contributed by atoms with Gasteiger partial charge in [0.05, 0.1) is 0 Å². The summed E-state index contributed by atoms with van der Waals surface area (Å²) in [5.41, 5.74) is 0. The Bertz CT molecular complexity index is 8.00. The van der Waals surface area contributed by atoms with Gasteiger partial charge in [0.15, 0.2) is 0 Å². The van der Waals surface area contributed by atoms with E-state index in [4.69, 9.17) is 4.80 Å². The first-order chi connectivity index (χ1) is 1.00. The Hall–Kier alpha value is 2.44. The molecule has 0 aliphatic rings. The van der Waals surface area contributed by atoms with E-state index in [-0.39, 0.29) is 67.3 Å². The normalized spacial score (nSPS) is 1.50. The van der Waals surface area contributed by atoms with E-state index in [1.54, 1.807) is 0 Å². The minimum Gasteiger partial charge on any atom is -0.433 e. The molecule has 0 saturated heterocycles. The Morgan fingerprint density at radius 3 is 1.25 bits per heavy atom. The van der Waals surface area contributed by atoms with Gasteiger partial charge in [-0.15, -0.1) is 0 Å². The van der Waals surface area contributed by atoms with Crippen molar-refractivity contribution in [1.82, 2.24) is 0 Å². The van der Waals surface area contributed by atoms with Crippen LogP contribution in [0, 0.1) is 0 Å². The maximum absolute atomic E-state index is 6.81. The summed E-state index contributed by atoms with van der Waals surface area (Å²) < 4.78 is 0. The van der Waals surface area contributed by atoms with Gasteiger partial charge in [-0.05, 0) is 0 Å². The Morgan fingerprint density at radius 2 is 1.25 bits per heavy atom. The van der Waals surface area contributed by atoms with E-state index in [1.807, 2.05) is 10.5 Å². The number of hydrogen-bond acceptors (Lipinski definition) is 1. The monoisotopic (exact) mass is 108 g/mol. The second-order valence-electron chi connectivity index (χ2n) is 0. The van der Waals surface area contributed by atoms with Crippen LogP contribution in [0.1, 0.15) is 0 Å². The molecular weight excluding hydrogens is 107 g/mol. The van der Waals surface area contributed by atoms with Crippen LogP contribution in [-0.4, -0.2) is 82.6 Å². The third-order valence-corrected chi connectivity index (χ3v) is 0. The van der Waals surface area contributed by atoms with Crippen molar-refractivity contribution in [3.05, 3.63) is 0 Å². The van der Waals surface area contributed by atoms with E-state index in [0.717, 1.165) is 0 Å². The molecule has 0 spiro atoms. The molecule has 0 atom stereocenters. The van der Waals surface area contributed by atoms with Crippen molar-refractivity contribution in [2.75, 3.05) is 0 Å². The van der Waals surface area contributed by atoms with Crippen molar-refractivity contribution in [3.8, 4) is 0 Å². The largest absolute Gasteiger partial charge is 0.433 e. The van der Waals surface area contributed by atoms with Crippen LogP contribution in [-0.2, 0) is 0 Å². The van der Waals surface area contributed by atoms with Crippen LogP contribution >= 0.6 is 0 Å². The maximum atomic E-state index is 6.81. The van der Waals surface area contributed by atoms with Gasteiger partial charge < -0.3 is 4.80 Å². The van der Waals surface area contributed by atoms with Gasteiger partial charge in [0, 0.05) is 67.3 Å². The van der Waals surface area contributed by atoms with Gasteiger partial charge in [0.2, 0.25) is 10.5 Å². The first kappa shape index (κ1) is 16.1. The SMILES string of the molecule is O[Si].[Ca].[Na]. The molecule has 0 aliphatic heterocycles. The first-order valence-corrected chi connectivity index (χ1v) is 0.671. The van der Waals surface area contributed by atoms with Crippen LogP contribution in [0.15, 0.2) is 0 Å². The second kappa shape index (κ2) is 18.0. The molecule has 6 radical (unpaired) electrons. The van der Waals surface area contributed by atoms with Gasteiger partial charge in [0.1, 0.15) is 0 Å². The molecule has 0 aromatic rings. The predicted molar refractivity (Wildman–Crippen MR) is 19.5 cm³/mol. The molecule has 1 N–H and O–H groups in total. The zero-order chi connectivity index (χ0) is 2.00. The van der Waals surface area contributed by atoms with Crippen molar-refractivity contribution in [2.45, 2.75) is 0 Å². The Kier molecular flexibility index (Phi) is 72.6. The molecule has 1 nitrogen and oxygen atoms in total. The molecule has 0 unspecified atom stereocenters. The molecule has 4 heteroatoms. The fraction of sp³-hybridized carbons (Fsp3) is 0. The van der Waals surface area contributed by atoms with Crippen LogP contribution in [0.25, 0.3) is 0 Å². The standard InChI is InChI=1S/Ca.Na.HOSi/c;;1-2/h;;1H. The summed E-state index contributed by atoms with van der Waals surface area (Å²) in [5.74, 6) is 0. The van der Waals surface area contributed by atoms with Crippen LogP contribution in [0.3, 0.4) is 0 Å². The van der Waals surface area contributed by atoms with E-state index < -0.39 is 0 Å². The summed E-state index contributed by atoms with van der Waals surface area (Å²) in [7, 11) is 1.97. The summed E-state index contributed by atoms with van der Waals surface area (Å²) in [6, 6.07) is 0. The summed E-state index contributed by atoms with van der Waals surface area (Å²) in [4.78, 5) is 6.81. The molecule has 0 heterocycles. The number of rotatable bonds is 0. The van der Waals surface area contributed by atoms with Crippen LogP contribution in [0.2, 0.25) is 0 Å². The molecule has 14 valence electrons. The van der Waals surface area contributed by atoms with Crippen molar-refractivity contribution >= 4 is 77.8 Å². The van der Waals surface area contributed by atoms with Gasteiger partial charge in [-0.1, -0.05) is 0 Å². The Morgan fingerprint density at radius 1 is 1.25 bits per heavy atom. The molecule has 0 aromatic carbocycles. The average Bonchev–Trinajstić information content (AvgIpc) is 1.00. The third kappa shape index (κ3) is 8.83. The topological polar surface area (TPSA) is 20.2 Å². The zero-order valence-electron chi connectivity index (χ0n) is 2.65. The molecular formula is HCaNaOSi. The quantitative estimate of drug-likeness (QED) is 0.367. The molecule has 0 aromatic heterocycles. The minimum atomic E-state index is 0. The first-order valence-electron chi connectivity index (χ1n) is 0.224. The summed E-state index contributed by atoms with van der Waals surface area (Å²) in [6.07, 6.45) is 0. The van der Waals surface area contributed by atoms with E-state index >= 15 is 0 Å². The second-order valence-corrected chi connectivity index (χ2v) is 0. The van der Waals surface area contributed by atoms with Crippen molar-refractivity contribution < 1.29 is 4.80 Å². The summed E-state index contributed by atoms with van der Waals surface area (Å²) in [6.45, 7) is 0. The summed E-state index contributed by atoms with van der Waals surface area (Å²) in [5, 5.41) is 0. The van der Waals surface area contributed by atoms with E-state index in [1.165, 1.54) is 0 Å². The fourth-order valence-electron chi connectivity index (χ4n) is 0. The third-order valence-electron chi connectivity index (χ3n) is 0. The molecule has 0 bridgehead atoms. The molecule has 0 aliphatic carbocycles. The van der Waals surface area contributed by atoms with Gasteiger partial charge >= 0.3 is 0 Å². The minimum absolute atomic E-state index is 0. The molecule has 0 saturated carbocycles. The van der Waals surface area contributed by atoms with Gasteiger partial charge in [-0.25, -0.2) is 0 Å². The molecule has 0 amide bonds. The smallest absolute Gasteiger partial charge is 0.240 e. The maximum Gasteiger partial charge on any atom is 0.240 e. The van der Waals surface area contributed by atoms with Crippen LogP contribution in [0.5, 0.6) is 0 Å². The molecule has 4 heavy (non-hydrogen) atoms. The average molecular weight is 108 g/mol. The van der Waals surface area contributed by atoms with Gasteiger partial charge in [-0.2, -0.15) is 0 Å². The fourth-order valence-corrected chi connectivity index (χ4v) is 0. The van der Waals surface area contributed by atoms with E-state index in [0.29, 0.717) is 0 Å². The predicted octanol–water partition coefficient (Wildman–Crippen LogP) is -1.70. The number of hydrogen-bond donors (Lipinski definition) is 1. The van der Waals surface area contributed by atoms with Gasteiger partial charge in [0.25, 0.3) is 0 Å². The molecule has 0 fully saturated rings. The summed E-state index contributed by atoms with van der Waals surface area (Å²) >= 11 is 0. The van der Waals surface area contributed by atoms with Crippen molar-refractivity contribution in [3.63, 3.8) is 0 Å².